The highest BCUT2D eigenvalue weighted by atomic mass is 32.1. The highest BCUT2D eigenvalue weighted by Gasteiger charge is 2.37. The van der Waals surface area contributed by atoms with E-state index in [2.05, 4.69) is 34.1 Å². The van der Waals surface area contributed by atoms with Crippen molar-refractivity contribution in [3.05, 3.63) is 53.7 Å². The normalized spacial score (nSPS) is 17.4. The molecule has 29 heavy (non-hydrogen) atoms. The van der Waals surface area contributed by atoms with Crippen LogP contribution in [0.1, 0.15) is 31.7 Å². The summed E-state index contributed by atoms with van der Waals surface area (Å²) < 4.78 is 5.23. The number of thiazole rings is 1. The minimum absolute atomic E-state index is 0.0216. The molecule has 1 aromatic carbocycles. The van der Waals surface area contributed by atoms with Gasteiger partial charge >= 0.3 is 6.09 Å². The SMILES string of the molecule is CC(C)C1COC(=O)N1c1ccnc(N[C@H](C)c2cnc(-c3ccccc3)s2)n1. The minimum atomic E-state index is -0.364. The van der Waals surface area contributed by atoms with Gasteiger partial charge in [-0.15, -0.1) is 11.3 Å². The number of benzene rings is 1. The Hall–Kier alpha value is -3.00. The molecule has 0 saturated carbocycles. The zero-order valence-electron chi connectivity index (χ0n) is 16.6. The van der Waals surface area contributed by atoms with Gasteiger partial charge in [0.15, 0.2) is 0 Å². The molecule has 1 aliphatic heterocycles. The number of carbonyl (C=O) groups is 1. The van der Waals surface area contributed by atoms with Crippen molar-refractivity contribution in [2.45, 2.75) is 32.9 Å². The molecule has 7 nitrogen and oxygen atoms in total. The number of hydrogen-bond donors (Lipinski definition) is 1. The van der Waals surface area contributed by atoms with Crippen molar-refractivity contribution in [2.24, 2.45) is 5.92 Å². The van der Waals surface area contributed by atoms with Gasteiger partial charge in [-0.25, -0.2) is 14.8 Å². The maximum absolute atomic E-state index is 12.2. The highest BCUT2D eigenvalue weighted by molar-refractivity contribution is 7.15. The summed E-state index contributed by atoms with van der Waals surface area (Å²) >= 11 is 1.63. The molecule has 1 unspecified atom stereocenters. The molecule has 1 saturated heterocycles. The third-order valence-electron chi connectivity index (χ3n) is 4.88. The van der Waals surface area contributed by atoms with E-state index in [9.17, 15) is 4.79 Å². The lowest BCUT2D eigenvalue weighted by Crippen LogP contribution is -2.37. The lowest BCUT2D eigenvalue weighted by Gasteiger charge is -2.23. The van der Waals surface area contributed by atoms with Crippen molar-refractivity contribution in [3.63, 3.8) is 0 Å². The Morgan fingerprint density at radius 2 is 1.97 bits per heavy atom. The number of carbonyl (C=O) groups excluding carboxylic acids is 1. The smallest absolute Gasteiger partial charge is 0.415 e. The number of ether oxygens (including phenoxy) is 1. The number of hydrogen-bond acceptors (Lipinski definition) is 7. The third kappa shape index (κ3) is 4.07. The van der Waals surface area contributed by atoms with E-state index in [1.165, 1.54) is 0 Å². The van der Waals surface area contributed by atoms with Gasteiger partial charge < -0.3 is 10.1 Å². The Bertz CT molecular complexity index is 992. The van der Waals surface area contributed by atoms with Crippen LogP contribution in [0.25, 0.3) is 10.6 Å². The number of cyclic esters (lactones) is 1. The molecule has 1 aliphatic rings. The van der Waals surface area contributed by atoms with Gasteiger partial charge in [-0.2, -0.15) is 4.98 Å². The monoisotopic (exact) mass is 409 g/mol. The summed E-state index contributed by atoms with van der Waals surface area (Å²) in [7, 11) is 0. The summed E-state index contributed by atoms with van der Waals surface area (Å²) in [5, 5.41) is 4.29. The Labute approximate surface area is 173 Å². The van der Waals surface area contributed by atoms with Crippen LogP contribution in [0.5, 0.6) is 0 Å². The molecule has 8 heteroatoms. The summed E-state index contributed by atoms with van der Waals surface area (Å²) in [6, 6.07) is 11.8. The number of nitrogens with one attached hydrogen (secondary N) is 1. The maximum Gasteiger partial charge on any atom is 0.415 e. The highest BCUT2D eigenvalue weighted by Crippen LogP contribution is 2.30. The zero-order chi connectivity index (χ0) is 20.4. The zero-order valence-corrected chi connectivity index (χ0v) is 17.4. The van der Waals surface area contributed by atoms with Gasteiger partial charge in [-0.3, -0.25) is 4.90 Å². The van der Waals surface area contributed by atoms with E-state index in [4.69, 9.17) is 4.74 Å². The Morgan fingerprint density at radius 3 is 2.72 bits per heavy atom. The van der Waals surface area contributed by atoms with Crippen LogP contribution in [-0.2, 0) is 4.74 Å². The second-order valence-electron chi connectivity index (χ2n) is 7.30. The predicted octanol–water partition coefficient (Wildman–Crippen LogP) is 4.75. The first kappa shape index (κ1) is 19.3. The van der Waals surface area contributed by atoms with Crippen LogP contribution in [0.15, 0.2) is 48.8 Å². The van der Waals surface area contributed by atoms with Crippen molar-refractivity contribution in [1.29, 1.82) is 0 Å². The second-order valence-corrected chi connectivity index (χ2v) is 8.36. The molecule has 150 valence electrons. The first-order valence-electron chi connectivity index (χ1n) is 9.59. The summed E-state index contributed by atoms with van der Waals surface area (Å²) in [4.78, 5) is 28.3. The van der Waals surface area contributed by atoms with Gasteiger partial charge in [0, 0.05) is 22.8 Å². The molecule has 3 aromatic rings. The van der Waals surface area contributed by atoms with E-state index >= 15 is 0 Å². The maximum atomic E-state index is 12.2. The van der Waals surface area contributed by atoms with Crippen LogP contribution in [0.3, 0.4) is 0 Å². The van der Waals surface area contributed by atoms with E-state index in [0.29, 0.717) is 18.4 Å². The topological polar surface area (TPSA) is 80.2 Å². The molecule has 2 aromatic heterocycles. The lowest BCUT2D eigenvalue weighted by molar-refractivity contribution is 0.177. The van der Waals surface area contributed by atoms with Gasteiger partial charge in [-0.05, 0) is 18.9 Å². The third-order valence-corrected chi connectivity index (χ3v) is 6.11. The Balaban J connectivity index is 1.51. The first-order valence-corrected chi connectivity index (χ1v) is 10.4. The van der Waals surface area contributed by atoms with E-state index in [1.807, 2.05) is 43.5 Å². The molecule has 1 fully saturated rings. The summed E-state index contributed by atoms with van der Waals surface area (Å²) in [6.07, 6.45) is 3.17. The quantitative estimate of drug-likeness (QED) is 0.633. The number of rotatable bonds is 6. The van der Waals surface area contributed by atoms with E-state index < -0.39 is 0 Å². The largest absolute Gasteiger partial charge is 0.447 e. The molecule has 0 spiro atoms. The van der Waals surface area contributed by atoms with Crippen LogP contribution < -0.4 is 10.2 Å². The fourth-order valence-electron chi connectivity index (χ4n) is 3.21. The van der Waals surface area contributed by atoms with Gasteiger partial charge in [0.05, 0.1) is 12.1 Å². The number of anilines is 2. The average molecular weight is 410 g/mol. The van der Waals surface area contributed by atoms with Crippen LogP contribution in [0.2, 0.25) is 0 Å². The van der Waals surface area contributed by atoms with Crippen LogP contribution >= 0.6 is 11.3 Å². The molecular formula is C21H23N5O2S. The summed E-state index contributed by atoms with van der Waals surface area (Å²) in [6.45, 7) is 6.55. The molecule has 4 rings (SSSR count). The van der Waals surface area contributed by atoms with Crippen LogP contribution in [0, 0.1) is 5.92 Å². The van der Waals surface area contributed by atoms with Crippen molar-refractivity contribution in [1.82, 2.24) is 15.0 Å². The number of amides is 1. The number of nitrogens with zero attached hydrogens (tertiary/aromatic N) is 4. The van der Waals surface area contributed by atoms with Crippen LogP contribution in [0.4, 0.5) is 16.6 Å². The molecule has 1 N–H and O–H groups in total. The minimum Gasteiger partial charge on any atom is -0.447 e. The summed E-state index contributed by atoms with van der Waals surface area (Å²) in [5.41, 5.74) is 1.10. The summed E-state index contributed by atoms with van der Waals surface area (Å²) in [5.74, 6) is 1.28. The molecule has 2 atom stereocenters. The second kappa shape index (κ2) is 8.16. The number of aromatic nitrogens is 3. The van der Waals surface area contributed by atoms with E-state index in [-0.39, 0.29) is 24.1 Å². The average Bonchev–Trinajstić information content (AvgIpc) is 3.36. The van der Waals surface area contributed by atoms with E-state index in [0.717, 1.165) is 15.4 Å². The molecule has 3 heterocycles. The van der Waals surface area contributed by atoms with Gasteiger partial charge in [-0.1, -0.05) is 44.2 Å². The van der Waals surface area contributed by atoms with Crippen molar-refractivity contribution in [2.75, 3.05) is 16.8 Å². The van der Waals surface area contributed by atoms with Gasteiger partial charge in [0.25, 0.3) is 0 Å². The van der Waals surface area contributed by atoms with Crippen molar-refractivity contribution < 1.29 is 9.53 Å². The van der Waals surface area contributed by atoms with Crippen molar-refractivity contribution in [3.8, 4) is 10.6 Å². The molecule has 1 amide bonds. The molecule has 0 aliphatic carbocycles. The fraction of sp³-hybridized carbons (Fsp3) is 0.333. The lowest BCUT2D eigenvalue weighted by atomic mass is 10.0. The molecule has 0 radical (unpaired) electrons. The molecule has 0 bridgehead atoms. The Kier molecular flexibility index (Phi) is 5.44. The first-order chi connectivity index (χ1) is 14.0. The Morgan fingerprint density at radius 1 is 1.17 bits per heavy atom. The standard InChI is InChI=1S/C21H23N5O2S/c1-13(2)16-12-28-21(27)26(16)18-9-10-22-20(25-18)24-14(3)17-11-23-19(29-17)15-7-5-4-6-8-15/h4-11,13-14,16H,12H2,1-3H3,(H,22,24,25)/t14-,16?/m1/s1. The molecular weight excluding hydrogens is 386 g/mol. The van der Waals surface area contributed by atoms with Crippen molar-refractivity contribution >= 4 is 29.2 Å². The fourth-order valence-corrected chi connectivity index (χ4v) is 4.13. The van der Waals surface area contributed by atoms with E-state index in [1.54, 1.807) is 28.5 Å². The predicted molar refractivity (Wildman–Crippen MR) is 114 cm³/mol. The van der Waals surface area contributed by atoms with Gasteiger partial charge in [0.1, 0.15) is 17.4 Å². The van der Waals surface area contributed by atoms with Gasteiger partial charge in [0.2, 0.25) is 5.95 Å². The van der Waals surface area contributed by atoms with Crippen LogP contribution in [-0.4, -0.2) is 33.7 Å².